The van der Waals surface area contributed by atoms with E-state index in [4.69, 9.17) is 5.73 Å². The molecule has 18 heavy (non-hydrogen) atoms. The van der Waals surface area contributed by atoms with Gasteiger partial charge in [0.25, 0.3) is 0 Å². The maximum atomic E-state index is 11.2. The third-order valence-corrected chi connectivity index (χ3v) is 2.43. The Morgan fingerprint density at radius 1 is 1.56 bits per heavy atom. The van der Waals surface area contributed by atoms with E-state index in [-0.39, 0.29) is 17.8 Å². The van der Waals surface area contributed by atoms with Crippen molar-refractivity contribution in [1.82, 2.24) is 0 Å². The van der Waals surface area contributed by atoms with Crippen LogP contribution in [0.4, 0.5) is 5.69 Å². The van der Waals surface area contributed by atoms with Crippen LogP contribution in [-0.2, 0) is 9.53 Å². The maximum Gasteiger partial charge on any atom is 0.310 e. The fourth-order valence-corrected chi connectivity index (χ4v) is 1.42. The molecule has 1 rings (SSSR count). The standard InChI is InChI=1S/C13H19N3O2/c1-9-5-4-6-11(7-9)16-13(14)15-8-10(2)12(17)18-3/h4-7,10H,8H2,1-3H3,(H3,14,15,16). The zero-order valence-electron chi connectivity index (χ0n) is 10.9. The summed E-state index contributed by atoms with van der Waals surface area (Å²) >= 11 is 0. The Labute approximate surface area is 107 Å². The molecule has 0 saturated carbocycles. The van der Waals surface area contributed by atoms with Gasteiger partial charge in [0.1, 0.15) is 0 Å². The molecule has 5 nitrogen and oxygen atoms in total. The van der Waals surface area contributed by atoms with E-state index in [0.717, 1.165) is 11.3 Å². The summed E-state index contributed by atoms with van der Waals surface area (Å²) in [5.41, 5.74) is 7.74. The first-order valence-electron chi connectivity index (χ1n) is 5.74. The molecule has 1 aromatic rings. The largest absolute Gasteiger partial charge is 0.469 e. The molecule has 98 valence electrons. The van der Waals surface area contributed by atoms with Crippen LogP contribution in [0.1, 0.15) is 12.5 Å². The molecule has 0 fully saturated rings. The number of aliphatic imine (C=N–C) groups is 1. The molecule has 0 saturated heterocycles. The van der Waals surface area contributed by atoms with Crippen LogP contribution in [0.3, 0.4) is 0 Å². The predicted molar refractivity (Wildman–Crippen MR) is 72.5 cm³/mol. The van der Waals surface area contributed by atoms with Gasteiger partial charge >= 0.3 is 5.97 Å². The Morgan fingerprint density at radius 3 is 2.89 bits per heavy atom. The van der Waals surface area contributed by atoms with E-state index >= 15 is 0 Å². The summed E-state index contributed by atoms with van der Waals surface area (Å²) in [7, 11) is 1.36. The number of guanidine groups is 1. The number of nitrogens with zero attached hydrogens (tertiary/aromatic N) is 1. The van der Waals surface area contributed by atoms with Crippen molar-refractivity contribution in [2.75, 3.05) is 19.0 Å². The van der Waals surface area contributed by atoms with E-state index < -0.39 is 0 Å². The average Bonchev–Trinajstić information content (AvgIpc) is 2.35. The van der Waals surface area contributed by atoms with Crippen molar-refractivity contribution in [3.05, 3.63) is 29.8 Å². The number of esters is 1. The van der Waals surface area contributed by atoms with Crippen molar-refractivity contribution in [2.24, 2.45) is 16.6 Å². The van der Waals surface area contributed by atoms with Gasteiger partial charge in [0.15, 0.2) is 5.96 Å². The number of aryl methyl sites for hydroxylation is 1. The van der Waals surface area contributed by atoms with Gasteiger partial charge in [-0.15, -0.1) is 0 Å². The SMILES string of the molecule is COC(=O)C(C)CN=C(N)Nc1cccc(C)c1. The van der Waals surface area contributed by atoms with Crippen LogP contribution in [0, 0.1) is 12.8 Å². The number of nitrogens with one attached hydrogen (secondary N) is 1. The van der Waals surface area contributed by atoms with Gasteiger partial charge < -0.3 is 15.8 Å². The van der Waals surface area contributed by atoms with E-state index in [9.17, 15) is 4.79 Å². The van der Waals surface area contributed by atoms with Gasteiger partial charge in [-0.25, -0.2) is 0 Å². The highest BCUT2D eigenvalue weighted by Crippen LogP contribution is 2.09. The third-order valence-electron chi connectivity index (χ3n) is 2.43. The monoisotopic (exact) mass is 249 g/mol. The van der Waals surface area contributed by atoms with Gasteiger partial charge in [-0.3, -0.25) is 9.79 Å². The van der Waals surface area contributed by atoms with E-state index in [2.05, 4.69) is 15.0 Å². The molecular formula is C13H19N3O2. The second-order valence-corrected chi connectivity index (χ2v) is 4.14. The summed E-state index contributed by atoms with van der Waals surface area (Å²) in [6, 6.07) is 7.80. The number of hydrogen-bond acceptors (Lipinski definition) is 3. The molecule has 0 spiro atoms. The number of rotatable bonds is 4. The third kappa shape index (κ3) is 4.45. The van der Waals surface area contributed by atoms with Gasteiger partial charge in [-0.2, -0.15) is 0 Å². The van der Waals surface area contributed by atoms with Crippen LogP contribution in [0.2, 0.25) is 0 Å². The Morgan fingerprint density at radius 2 is 2.28 bits per heavy atom. The Hall–Kier alpha value is -2.04. The van der Waals surface area contributed by atoms with E-state index in [0.29, 0.717) is 6.54 Å². The molecule has 0 bridgehead atoms. The molecule has 0 heterocycles. The summed E-state index contributed by atoms with van der Waals surface area (Å²) in [4.78, 5) is 15.3. The highest BCUT2D eigenvalue weighted by Gasteiger charge is 2.11. The Bertz CT molecular complexity index is 444. The number of methoxy groups -OCH3 is 1. The van der Waals surface area contributed by atoms with Crippen LogP contribution in [-0.4, -0.2) is 25.6 Å². The lowest BCUT2D eigenvalue weighted by Crippen LogP contribution is -2.25. The maximum absolute atomic E-state index is 11.2. The quantitative estimate of drug-likeness (QED) is 0.482. The lowest BCUT2D eigenvalue weighted by molar-refractivity contribution is -0.144. The topological polar surface area (TPSA) is 76.7 Å². The van der Waals surface area contributed by atoms with Crippen molar-refractivity contribution < 1.29 is 9.53 Å². The molecule has 0 aliphatic carbocycles. The predicted octanol–water partition coefficient (Wildman–Crippen LogP) is 1.53. The normalized spacial score (nSPS) is 12.9. The van der Waals surface area contributed by atoms with E-state index in [1.165, 1.54) is 7.11 Å². The fraction of sp³-hybridized carbons (Fsp3) is 0.385. The molecule has 0 aromatic heterocycles. The second-order valence-electron chi connectivity index (χ2n) is 4.14. The van der Waals surface area contributed by atoms with Gasteiger partial charge in [-0.1, -0.05) is 19.1 Å². The molecule has 1 unspecified atom stereocenters. The number of hydrogen-bond donors (Lipinski definition) is 2. The Balaban J connectivity index is 2.55. The molecule has 5 heteroatoms. The number of anilines is 1. The van der Waals surface area contributed by atoms with Gasteiger partial charge in [-0.05, 0) is 24.6 Å². The number of benzene rings is 1. The van der Waals surface area contributed by atoms with Crippen LogP contribution in [0.5, 0.6) is 0 Å². The van der Waals surface area contributed by atoms with Crippen LogP contribution in [0.15, 0.2) is 29.3 Å². The number of ether oxygens (including phenoxy) is 1. The summed E-state index contributed by atoms with van der Waals surface area (Å²) in [5, 5.41) is 2.97. The molecule has 1 atom stereocenters. The number of carbonyl (C=O) groups excluding carboxylic acids is 1. The van der Waals surface area contributed by atoms with Crippen molar-refractivity contribution in [3.8, 4) is 0 Å². The van der Waals surface area contributed by atoms with Crippen molar-refractivity contribution in [1.29, 1.82) is 0 Å². The van der Waals surface area contributed by atoms with Gasteiger partial charge in [0, 0.05) is 5.69 Å². The summed E-state index contributed by atoms with van der Waals surface area (Å²) in [6.07, 6.45) is 0. The summed E-state index contributed by atoms with van der Waals surface area (Å²) in [6.45, 7) is 4.05. The molecular weight excluding hydrogens is 230 g/mol. The van der Waals surface area contributed by atoms with Crippen LogP contribution in [0.25, 0.3) is 0 Å². The van der Waals surface area contributed by atoms with Crippen molar-refractivity contribution in [2.45, 2.75) is 13.8 Å². The first kappa shape index (κ1) is 14.0. The Kier molecular flexibility index (Phi) is 5.17. The first-order valence-corrected chi connectivity index (χ1v) is 5.74. The molecule has 0 aliphatic heterocycles. The lowest BCUT2D eigenvalue weighted by Gasteiger charge is -2.08. The molecule has 3 N–H and O–H groups in total. The highest BCUT2D eigenvalue weighted by atomic mass is 16.5. The van der Waals surface area contributed by atoms with E-state index in [1.54, 1.807) is 6.92 Å². The molecule has 0 radical (unpaired) electrons. The number of nitrogens with two attached hydrogens (primary N) is 1. The molecule has 0 aliphatic rings. The first-order chi connectivity index (χ1) is 8.52. The molecule has 1 aromatic carbocycles. The van der Waals surface area contributed by atoms with E-state index in [1.807, 2.05) is 31.2 Å². The van der Waals surface area contributed by atoms with Crippen LogP contribution < -0.4 is 11.1 Å². The van der Waals surface area contributed by atoms with Gasteiger partial charge in [0.2, 0.25) is 0 Å². The second kappa shape index (κ2) is 6.64. The summed E-state index contributed by atoms with van der Waals surface area (Å²) in [5.74, 6) is -0.300. The van der Waals surface area contributed by atoms with Crippen molar-refractivity contribution >= 4 is 17.6 Å². The number of carbonyl (C=O) groups is 1. The van der Waals surface area contributed by atoms with Gasteiger partial charge in [0.05, 0.1) is 19.6 Å². The lowest BCUT2D eigenvalue weighted by atomic mass is 10.2. The van der Waals surface area contributed by atoms with Crippen LogP contribution >= 0.6 is 0 Å². The minimum absolute atomic E-state index is 0.288. The minimum Gasteiger partial charge on any atom is -0.469 e. The highest BCUT2D eigenvalue weighted by molar-refractivity contribution is 5.92. The average molecular weight is 249 g/mol. The molecule has 0 amide bonds. The van der Waals surface area contributed by atoms with Crippen molar-refractivity contribution in [3.63, 3.8) is 0 Å². The fourth-order valence-electron chi connectivity index (χ4n) is 1.42. The minimum atomic E-state index is -0.298. The zero-order chi connectivity index (χ0) is 13.5. The smallest absolute Gasteiger partial charge is 0.310 e. The zero-order valence-corrected chi connectivity index (χ0v) is 10.9. The summed E-state index contributed by atoms with van der Waals surface area (Å²) < 4.78 is 4.61.